The maximum absolute atomic E-state index is 2.58. The van der Waals surface area contributed by atoms with Crippen molar-refractivity contribution in [2.24, 2.45) is 0 Å². The second kappa shape index (κ2) is 14.0. The first kappa shape index (κ1) is 37.3. The predicted octanol–water partition coefficient (Wildman–Crippen LogP) is 17.1. The van der Waals surface area contributed by atoms with Crippen LogP contribution in [0.2, 0.25) is 0 Å². The maximum atomic E-state index is 2.58. The van der Waals surface area contributed by atoms with Gasteiger partial charge in [0.15, 0.2) is 0 Å². The van der Waals surface area contributed by atoms with E-state index in [2.05, 4.69) is 245 Å². The molecule has 10 aromatic carbocycles. The van der Waals surface area contributed by atoms with E-state index < -0.39 is 0 Å². The molecular formula is C62H47N. The zero-order valence-electron chi connectivity index (χ0n) is 36.2. The normalized spacial score (nSPS) is 14.0. The van der Waals surface area contributed by atoms with Crippen molar-refractivity contribution >= 4 is 38.6 Å². The molecule has 0 aliphatic heterocycles. The molecule has 12 rings (SSSR count). The van der Waals surface area contributed by atoms with Gasteiger partial charge in [-0.2, -0.15) is 0 Å². The largest absolute Gasteiger partial charge is 0.309 e. The van der Waals surface area contributed by atoms with Gasteiger partial charge in [0.2, 0.25) is 0 Å². The lowest BCUT2D eigenvalue weighted by Crippen LogP contribution is -2.18. The third kappa shape index (κ3) is 5.69. The summed E-state index contributed by atoms with van der Waals surface area (Å²) in [5.41, 5.74) is 21.0. The molecule has 1 nitrogen and oxygen atoms in total. The van der Waals surface area contributed by atoms with Gasteiger partial charge in [-0.15, -0.1) is 0 Å². The van der Waals surface area contributed by atoms with Crippen LogP contribution < -0.4 is 4.90 Å². The Labute approximate surface area is 370 Å². The lowest BCUT2D eigenvalue weighted by molar-refractivity contribution is 0.660. The average Bonchev–Trinajstić information content (AvgIpc) is 3.70. The van der Waals surface area contributed by atoms with Gasteiger partial charge in [0.25, 0.3) is 0 Å². The molecule has 2 aliphatic carbocycles. The highest BCUT2D eigenvalue weighted by molar-refractivity contribution is 6.15. The predicted molar refractivity (Wildman–Crippen MR) is 268 cm³/mol. The second-order valence-electron chi connectivity index (χ2n) is 18.5. The van der Waals surface area contributed by atoms with E-state index in [0.29, 0.717) is 0 Å². The van der Waals surface area contributed by atoms with Gasteiger partial charge >= 0.3 is 0 Å². The molecule has 0 saturated heterocycles. The Balaban J connectivity index is 1.19. The first-order valence-corrected chi connectivity index (χ1v) is 22.3. The molecule has 2 aliphatic rings. The summed E-state index contributed by atoms with van der Waals surface area (Å²) in [6, 6.07) is 79.4. The van der Waals surface area contributed by atoms with E-state index in [-0.39, 0.29) is 10.8 Å². The lowest BCUT2D eigenvalue weighted by Gasteiger charge is -2.33. The minimum atomic E-state index is -0.166. The van der Waals surface area contributed by atoms with Crippen molar-refractivity contribution in [3.8, 4) is 55.6 Å². The van der Waals surface area contributed by atoms with Crippen LogP contribution in [0.1, 0.15) is 49.9 Å². The smallest absolute Gasteiger partial charge is 0.0618 e. The number of anilines is 3. The Morgan fingerprint density at radius 3 is 1.25 bits per heavy atom. The van der Waals surface area contributed by atoms with Crippen LogP contribution in [-0.4, -0.2) is 0 Å². The Hall–Kier alpha value is -7.48. The van der Waals surface area contributed by atoms with Crippen LogP contribution in [0.3, 0.4) is 0 Å². The molecule has 0 spiro atoms. The molecule has 0 unspecified atom stereocenters. The summed E-state index contributed by atoms with van der Waals surface area (Å²) >= 11 is 0. The number of nitrogens with zero attached hydrogens (tertiary/aromatic N) is 1. The van der Waals surface area contributed by atoms with Crippen molar-refractivity contribution in [3.05, 3.63) is 235 Å². The quantitative estimate of drug-likeness (QED) is 0.151. The number of fused-ring (bicyclic) bond motifs is 9. The standard InChI is InChI=1S/C62H47N/c1-61(2)56-29-17-15-27-49(56)51-33-31-44(38-58(51)61)63(45-32-34-52-50-28-16-18-30-57(50)62(3,4)59(52)39-45)60-54(40-19-7-5-8-20-40)36-43(37-55(60)41-21-9-6-10-22-41)53-35-42-23-11-12-24-46(42)47-25-13-14-26-48(47)53/h5-39H,1-4H3. The zero-order chi connectivity index (χ0) is 42.5. The summed E-state index contributed by atoms with van der Waals surface area (Å²) in [6.45, 7) is 9.53. The number of benzene rings is 10. The Morgan fingerprint density at radius 1 is 0.286 bits per heavy atom. The first-order chi connectivity index (χ1) is 30.8. The third-order valence-corrected chi connectivity index (χ3v) is 14.2. The molecule has 0 amide bonds. The number of rotatable bonds is 6. The van der Waals surface area contributed by atoms with Gasteiger partial charge in [-0.25, -0.2) is 0 Å². The van der Waals surface area contributed by atoms with Gasteiger partial charge in [-0.3, -0.25) is 0 Å². The van der Waals surface area contributed by atoms with Gasteiger partial charge in [-0.05, 0) is 131 Å². The highest BCUT2D eigenvalue weighted by Gasteiger charge is 2.38. The molecule has 0 saturated carbocycles. The van der Waals surface area contributed by atoms with Gasteiger partial charge in [0.05, 0.1) is 5.69 Å². The van der Waals surface area contributed by atoms with Crippen LogP contribution in [0.15, 0.2) is 212 Å². The minimum Gasteiger partial charge on any atom is -0.309 e. The van der Waals surface area contributed by atoms with Crippen molar-refractivity contribution in [1.29, 1.82) is 0 Å². The van der Waals surface area contributed by atoms with E-state index in [4.69, 9.17) is 0 Å². The lowest BCUT2D eigenvalue weighted by atomic mass is 9.81. The van der Waals surface area contributed by atoms with E-state index in [0.717, 1.165) is 17.1 Å². The van der Waals surface area contributed by atoms with E-state index in [1.54, 1.807) is 0 Å². The second-order valence-corrected chi connectivity index (χ2v) is 18.5. The molecule has 0 bridgehead atoms. The third-order valence-electron chi connectivity index (χ3n) is 14.2. The summed E-state index contributed by atoms with van der Waals surface area (Å²) in [6.07, 6.45) is 0. The Morgan fingerprint density at radius 2 is 0.714 bits per heavy atom. The van der Waals surface area contributed by atoms with Gasteiger partial charge in [0, 0.05) is 33.3 Å². The molecule has 0 fully saturated rings. The first-order valence-electron chi connectivity index (χ1n) is 22.3. The topological polar surface area (TPSA) is 3.24 Å². The molecule has 63 heavy (non-hydrogen) atoms. The molecule has 0 heterocycles. The van der Waals surface area contributed by atoms with Crippen molar-refractivity contribution in [2.45, 2.75) is 38.5 Å². The molecule has 300 valence electrons. The van der Waals surface area contributed by atoms with Crippen LogP contribution in [-0.2, 0) is 10.8 Å². The van der Waals surface area contributed by atoms with Crippen LogP contribution in [0.25, 0.3) is 77.2 Å². The molecular weight excluding hydrogens is 759 g/mol. The Kier molecular flexibility index (Phi) is 8.30. The van der Waals surface area contributed by atoms with E-state index >= 15 is 0 Å². The number of hydrogen-bond donors (Lipinski definition) is 0. The van der Waals surface area contributed by atoms with Gasteiger partial charge in [-0.1, -0.05) is 198 Å². The average molecular weight is 806 g/mol. The highest BCUT2D eigenvalue weighted by atomic mass is 15.1. The van der Waals surface area contributed by atoms with Gasteiger partial charge < -0.3 is 4.90 Å². The van der Waals surface area contributed by atoms with Gasteiger partial charge in [0.1, 0.15) is 0 Å². The molecule has 0 N–H and O–H groups in total. The molecule has 10 aromatic rings. The Bertz CT molecular complexity index is 3280. The van der Waals surface area contributed by atoms with Crippen LogP contribution in [0.4, 0.5) is 17.1 Å². The van der Waals surface area contributed by atoms with Crippen molar-refractivity contribution < 1.29 is 0 Å². The van der Waals surface area contributed by atoms with Crippen LogP contribution >= 0.6 is 0 Å². The van der Waals surface area contributed by atoms with E-state index in [1.807, 2.05) is 0 Å². The van der Waals surface area contributed by atoms with E-state index in [1.165, 1.54) is 99.4 Å². The van der Waals surface area contributed by atoms with Crippen molar-refractivity contribution in [2.75, 3.05) is 4.90 Å². The van der Waals surface area contributed by atoms with Crippen LogP contribution in [0.5, 0.6) is 0 Å². The molecule has 0 aromatic heterocycles. The zero-order valence-corrected chi connectivity index (χ0v) is 36.2. The van der Waals surface area contributed by atoms with E-state index in [9.17, 15) is 0 Å². The monoisotopic (exact) mass is 805 g/mol. The summed E-state index contributed by atoms with van der Waals surface area (Å²) in [7, 11) is 0. The summed E-state index contributed by atoms with van der Waals surface area (Å²) in [4.78, 5) is 2.58. The summed E-state index contributed by atoms with van der Waals surface area (Å²) in [5.74, 6) is 0. The molecule has 0 radical (unpaired) electrons. The van der Waals surface area contributed by atoms with Crippen molar-refractivity contribution in [1.82, 2.24) is 0 Å². The summed E-state index contributed by atoms with van der Waals surface area (Å²) < 4.78 is 0. The fraction of sp³-hybridized carbons (Fsp3) is 0.0968. The maximum Gasteiger partial charge on any atom is 0.0618 e. The number of hydrogen-bond acceptors (Lipinski definition) is 1. The van der Waals surface area contributed by atoms with Crippen LogP contribution in [0, 0.1) is 0 Å². The minimum absolute atomic E-state index is 0.166. The fourth-order valence-corrected chi connectivity index (χ4v) is 11.1. The molecule has 1 heteroatoms. The fourth-order valence-electron chi connectivity index (χ4n) is 11.1. The van der Waals surface area contributed by atoms with Crippen molar-refractivity contribution in [3.63, 3.8) is 0 Å². The SMILES string of the molecule is CC1(C)c2ccccc2-c2ccc(N(c3ccc4c(c3)C(C)(C)c3ccccc3-4)c3c(-c4ccccc4)cc(-c4cc5ccccc5c5ccccc45)cc3-c3ccccc3)cc21. The molecule has 0 atom stereocenters. The highest BCUT2D eigenvalue weighted by Crippen LogP contribution is 2.56. The summed E-state index contributed by atoms with van der Waals surface area (Å²) in [5, 5.41) is 5.03.